The van der Waals surface area contributed by atoms with Crippen molar-refractivity contribution in [3.8, 4) is 22.6 Å². The first kappa shape index (κ1) is 23.0. The molecule has 0 spiro atoms. The first-order valence-corrected chi connectivity index (χ1v) is 11.1. The summed E-state index contributed by atoms with van der Waals surface area (Å²) in [5.74, 6) is 0.881. The van der Waals surface area contributed by atoms with E-state index in [0.717, 1.165) is 39.8 Å². The number of allylic oxidation sites excluding steroid dienone is 1. The third-order valence-electron chi connectivity index (χ3n) is 5.05. The van der Waals surface area contributed by atoms with Crippen LogP contribution < -0.4 is 14.8 Å². The Morgan fingerprint density at radius 2 is 2.06 bits per heavy atom. The summed E-state index contributed by atoms with van der Waals surface area (Å²) in [4.78, 5) is 26.6. The van der Waals surface area contributed by atoms with E-state index in [1.807, 2.05) is 37.3 Å². The Bertz CT molecular complexity index is 1390. The molecule has 1 amide bonds. The van der Waals surface area contributed by atoms with E-state index in [1.165, 1.54) is 6.08 Å². The summed E-state index contributed by atoms with van der Waals surface area (Å²) in [7, 11) is 1.54. The number of carbonyl (C=O) groups is 1. The number of amides is 1. The van der Waals surface area contributed by atoms with E-state index >= 15 is 0 Å². The number of hydrogen-bond acceptors (Lipinski definition) is 8. The maximum Gasteiger partial charge on any atom is 0.345 e. The molecule has 0 aliphatic rings. The lowest BCUT2D eigenvalue weighted by Gasteiger charge is -2.10. The fourth-order valence-corrected chi connectivity index (χ4v) is 4.11. The Kier molecular flexibility index (Phi) is 6.60. The fraction of sp³-hybridized carbons (Fsp3) is 0.167. The number of aromatic nitrogens is 1. The van der Waals surface area contributed by atoms with Gasteiger partial charge in [-0.25, -0.2) is 4.98 Å². The molecule has 2 heterocycles. The zero-order chi connectivity index (χ0) is 24.2. The normalized spacial score (nSPS) is 11.4. The highest BCUT2D eigenvalue weighted by Gasteiger charge is 2.16. The molecule has 0 radical (unpaired) electrons. The molecule has 174 valence electrons. The van der Waals surface area contributed by atoms with Crippen LogP contribution in [0.1, 0.15) is 19.4 Å². The third kappa shape index (κ3) is 4.76. The molecular weight excluding hydrogens is 458 g/mol. The fourth-order valence-electron chi connectivity index (χ4n) is 3.48. The molecule has 4 rings (SSSR count). The van der Waals surface area contributed by atoms with Gasteiger partial charge >= 0.3 is 5.00 Å². The lowest BCUT2D eigenvalue weighted by Crippen LogP contribution is -2.08. The lowest BCUT2D eigenvalue weighted by atomic mass is 9.99. The van der Waals surface area contributed by atoms with Gasteiger partial charge in [0.25, 0.3) is 0 Å². The molecule has 2 aromatic heterocycles. The highest BCUT2D eigenvalue weighted by molar-refractivity contribution is 7.18. The quantitative estimate of drug-likeness (QED) is 0.189. The Morgan fingerprint density at radius 1 is 1.29 bits per heavy atom. The lowest BCUT2D eigenvalue weighted by molar-refractivity contribution is -0.380. The van der Waals surface area contributed by atoms with Crippen molar-refractivity contribution in [1.29, 1.82) is 0 Å². The minimum absolute atomic E-state index is 0.148. The summed E-state index contributed by atoms with van der Waals surface area (Å²) in [6, 6.07) is 11.4. The Balaban J connectivity index is 1.65. The number of anilines is 1. The standard InChI is InChI=1S/C24H21N3O6S/c1-4-32-16-7-5-15(6-8-16)19-13-33-21-11-20(31-3)17(10-18(19)21)14(2)9-22(28)26-24-25-12-23(34-24)27(29)30/h5-13H,4H2,1-3H3,(H,25,26,28)/b14-9+. The number of nitro groups is 1. The zero-order valence-electron chi connectivity index (χ0n) is 18.7. The van der Waals surface area contributed by atoms with E-state index in [-0.39, 0.29) is 10.1 Å². The largest absolute Gasteiger partial charge is 0.496 e. The van der Waals surface area contributed by atoms with Crippen molar-refractivity contribution in [3.63, 3.8) is 0 Å². The van der Waals surface area contributed by atoms with Gasteiger partial charge in [0, 0.05) is 28.7 Å². The number of hydrogen-bond donors (Lipinski definition) is 1. The van der Waals surface area contributed by atoms with Crippen LogP contribution in [0.25, 0.3) is 27.7 Å². The van der Waals surface area contributed by atoms with Gasteiger partial charge in [-0.05, 0) is 54.5 Å². The first-order chi connectivity index (χ1) is 16.4. The van der Waals surface area contributed by atoms with Crippen LogP contribution >= 0.6 is 11.3 Å². The molecule has 1 N–H and O–H groups in total. The van der Waals surface area contributed by atoms with Crippen molar-refractivity contribution in [2.45, 2.75) is 13.8 Å². The van der Waals surface area contributed by atoms with Gasteiger partial charge in [-0.3, -0.25) is 20.2 Å². The number of rotatable bonds is 8. The van der Waals surface area contributed by atoms with Crippen molar-refractivity contribution < 1.29 is 23.6 Å². The molecule has 0 saturated heterocycles. The topological polar surface area (TPSA) is 117 Å². The van der Waals surface area contributed by atoms with Gasteiger partial charge in [0.05, 0.1) is 24.9 Å². The second kappa shape index (κ2) is 9.75. The van der Waals surface area contributed by atoms with E-state index in [1.54, 1.807) is 26.4 Å². The second-order valence-corrected chi connectivity index (χ2v) is 8.24. The van der Waals surface area contributed by atoms with E-state index < -0.39 is 10.8 Å². The van der Waals surface area contributed by atoms with Gasteiger partial charge in [-0.2, -0.15) is 0 Å². The van der Waals surface area contributed by atoms with Crippen molar-refractivity contribution in [3.05, 3.63) is 70.6 Å². The van der Waals surface area contributed by atoms with E-state index in [4.69, 9.17) is 13.9 Å². The number of carbonyl (C=O) groups excluding carboxylic acids is 1. The molecule has 0 aliphatic carbocycles. The van der Waals surface area contributed by atoms with Crippen molar-refractivity contribution in [2.24, 2.45) is 0 Å². The van der Waals surface area contributed by atoms with Gasteiger partial charge in [0.2, 0.25) is 5.91 Å². The van der Waals surface area contributed by atoms with Crippen molar-refractivity contribution in [2.75, 3.05) is 19.0 Å². The summed E-state index contributed by atoms with van der Waals surface area (Å²) in [5, 5.41) is 14.2. The van der Waals surface area contributed by atoms with Gasteiger partial charge in [-0.15, -0.1) is 0 Å². The summed E-state index contributed by atoms with van der Waals surface area (Å²) in [5.41, 5.74) is 3.86. The average Bonchev–Trinajstić information content (AvgIpc) is 3.45. The number of nitrogens with zero attached hydrogens (tertiary/aromatic N) is 2. The molecule has 0 saturated carbocycles. The Hall–Kier alpha value is -4.18. The number of fused-ring (bicyclic) bond motifs is 1. The highest BCUT2D eigenvalue weighted by Crippen LogP contribution is 2.38. The van der Waals surface area contributed by atoms with Gasteiger partial charge in [0.1, 0.15) is 23.3 Å². The van der Waals surface area contributed by atoms with Crippen molar-refractivity contribution >= 4 is 43.9 Å². The monoisotopic (exact) mass is 479 g/mol. The molecule has 10 heteroatoms. The first-order valence-electron chi connectivity index (χ1n) is 10.3. The molecular formula is C24H21N3O6S. The van der Waals surface area contributed by atoms with Crippen LogP contribution in [0.4, 0.5) is 10.1 Å². The number of furan rings is 1. The molecule has 0 fully saturated rings. The summed E-state index contributed by atoms with van der Waals surface area (Å²) in [6.45, 7) is 4.31. The van der Waals surface area contributed by atoms with Crippen LogP contribution in [0, 0.1) is 10.1 Å². The number of nitrogens with one attached hydrogen (secondary N) is 1. The van der Waals surface area contributed by atoms with E-state index in [9.17, 15) is 14.9 Å². The van der Waals surface area contributed by atoms with Crippen LogP contribution in [-0.2, 0) is 4.79 Å². The smallest absolute Gasteiger partial charge is 0.345 e. The summed E-state index contributed by atoms with van der Waals surface area (Å²) in [6.07, 6.45) is 4.19. The summed E-state index contributed by atoms with van der Waals surface area (Å²) >= 11 is 0.789. The molecule has 34 heavy (non-hydrogen) atoms. The maximum atomic E-state index is 12.5. The SMILES string of the molecule is CCOc1ccc(-c2coc3cc(OC)c(/C(C)=C/C(=O)Nc4ncc([N+](=O)[O-])s4)cc23)cc1. The second-order valence-electron chi connectivity index (χ2n) is 7.23. The van der Waals surface area contributed by atoms with E-state index in [2.05, 4.69) is 10.3 Å². The van der Waals surface area contributed by atoms with Crippen LogP contribution in [0.5, 0.6) is 11.5 Å². The molecule has 0 bridgehead atoms. The van der Waals surface area contributed by atoms with Crippen LogP contribution in [0.15, 0.2) is 59.4 Å². The maximum absolute atomic E-state index is 12.5. The predicted octanol–water partition coefficient (Wildman–Crippen LogP) is 5.91. The average molecular weight is 480 g/mol. The minimum Gasteiger partial charge on any atom is -0.496 e. The van der Waals surface area contributed by atoms with Gasteiger partial charge < -0.3 is 13.9 Å². The zero-order valence-corrected chi connectivity index (χ0v) is 19.5. The number of ether oxygens (including phenoxy) is 2. The van der Waals surface area contributed by atoms with Gasteiger partial charge in [-0.1, -0.05) is 12.1 Å². The highest BCUT2D eigenvalue weighted by atomic mass is 32.1. The van der Waals surface area contributed by atoms with Crippen molar-refractivity contribution in [1.82, 2.24) is 4.98 Å². The molecule has 2 aromatic carbocycles. The molecule has 0 atom stereocenters. The minimum atomic E-state index is -0.554. The van der Waals surface area contributed by atoms with E-state index in [0.29, 0.717) is 29.1 Å². The van der Waals surface area contributed by atoms with Gasteiger partial charge in [0.15, 0.2) is 5.13 Å². The molecule has 0 aliphatic heterocycles. The third-order valence-corrected chi connectivity index (χ3v) is 5.91. The van der Waals surface area contributed by atoms with Crippen LogP contribution in [-0.4, -0.2) is 29.5 Å². The number of methoxy groups -OCH3 is 1. The molecule has 4 aromatic rings. The Labute approximate surface area is 198 Å². The molecule has 9 nitrogen and oxygen atoms in total. The molecule has 0 unspecified atom stereocenters. The number of thiazole rings is 1. The van der Waals surface area contributed by atoms with Crippen LogP contribution in [0.2, 0.25) is 0 Å². The summed E-state index contributed by atoms with van der Waals surface area (Å²) < 4.78 is 16.8. The van der Waals surface area contributed by atoms with Crippen LogP contribution in [0.3, 0.4) is 0 Å². The number of benzene rings is 2. The Morgan fingerprint density at radius 3 is 2.71 bits per heavy atom. The predicted molar refractivity (Wildman–Crippen MR) is 130 cm³/mol.